The van der Waals surface area contributed by atoms with E-state index in [0.717, 1.165) is 24.6 Å². The molecule has 23 heavy (non-hydrogen) atoms. The summed E-state index contributed by atoms with van der Waals surface area (Å²) < 4.78 is 10.8. The molecule has 1 aromatic heterocycles. The highest BCUT2D eigenvalue weighted by atomic mass is 16.6. The van der Waals surface area contributed by atoms with Crippen LogP contribution in [0, 0.1) is 0 Å². The molecular weight excluding hydrogens is 296 g/mol. The first-order valence-corrected chi connectivity index (χ1v) is 7.89. The number of carbonyl (C=O) groups excluding carboxylic acids is 1. The third kappa shape index (κ3) is 4.79. The SMILES string of the molecule is CCOCc1cc(N2CC(N(C)C(=O)OC(C)(C)C)C2)ncn1. The van der Waals surface area contributed by atoms with E-state index in [-0.39, 0.29) is 12.1 Å². The molecule has 1 aliphatic heterocycles. The summed E-state index contributed by atoms with van der Waals surface area (Å²) in [5, 5.41) is 0. The van der Waals surface area contributed by atoms with E-state index in [9.17, 15) is 4.79 Å². The first-order valence-electron chi connectivity index (χ1n) is 7.89. The monoisotopic (exact) mass is 322 g/mol. The van der Waals surface area contributed by atoms with Gasteiger partial charge in [-0.25, -0.2) is 14.8 Å². The summed E-state index contributed by atoms with van der Waals surface area (Å²) >= 11 is 0. The Hall–Kier alpha value is -1.89. The van der Waals surface area contributed by atoms with Crippen molar-refractivity contribution in [2.75, 3.05) is 31.6 Å². The zero-order valence-electron chi connectivity index (χ0n) is 14.6. The molecule has 0 aromatic carbocycles. The number of aromatic nitrogens is 2. The first-order chi connectivity index (χ1) is 10.8. The number of likely N-dealkylation sites (N-methyl/N-ethyl adjacent to an activating group) is 1. The summed E-state index contributed by atoms with van der Waals surface area (Å²) in [7, 11) is 1.77. The maximum Gasteiger partial charge on any atom is 0.410 e. The van der Waals surface area contributed by atoms with E-state index in [2.05, 4.69) is 14.9 Å². The molecule has 7 heteroatoms. The minimum absolute atomic E-state index is 0.134. The highest BCUT2D eigenvalue weighted by Gasteiger charge is 2.35. The summed E-state index contributed by atoms with van der Waals surface area (Å²) in [5.41, 5.74) is 0.385. The maximum absolute atomic E-state index is 12.1. The Balaban J connectivity index is 1.87. The molecule has 1 fully saturated rings. The predicted molar refractivity (Wildman–Crippen MR) is 87.4 cm³/mol. The quantitative estimate of drug-likeness (QED) is 0.827. The van der Waals surface area contributed by atoms with Gasteiger partial charge in [-0.15, -0.1) is 0 Å². The molecule has 2 heterocycles. The normalized spacial score (nSPS) is 15.3. The minimum Gasteiger partial charge on any atom is -0.444 e. The number of ether oxygens (including phenoxy) is 2. The van der Waals surface area contributed by atoms with Crippen molar-refractivity contribution in [3.05, 3.63) is 18.1 Å². The zero-order valence-corrected chi connectivity index (χ0v) is 14.6. The molecule has 128 valence electrons. The van der Waals surface area contributed by atoms with Crippen LogP contribution in [0.4, 0.5) is 10.6 Å². The van der Waals surface area contributed by atoms with E-state index >= 15 is 0 Å². The summed E-state index contributed by atoms with van der Waals surface area (Å²) in [4.78, 5) is 24.3. The standard InChI is InChI=1S/C16H26N4O3/c1-6-22-10-12-7-14(18-11-17-12)20-8-13(9-20)19(5)15(21)23-16(2,3)4/h7,11,13H,6,8-10H2,1-5H3. The fraction of sp³-hybridized carbons (Fsp3) is 0.688. The molecule has 0 atom stereocenters. The van der Waals surface area contributed by atoms with Crippen LogP contribution < -0.4 is 4.90 Å². The number of carbonyl (C=O) groups is 1. The van der Waals surface area contributed by atoms with Crippen LogP contribution in [-0.4, -0.2) is 59.3 Å². The molecule has 1 saturated heterocycles. The molecule has 0 bridgehead atoms. The molecule has 0 radical (unpaired) electrons. The number of anilines is 1. The molecular formula is C16H26N4O3. The molecule has 1 aromatic rings. The Morgan fingerprint density at radius 3 is 2.70 bits per heavy atom. The van der Waals surface area contributed by atoms with Gasteiger partial charge in [0.1, 0.15) is 17.7 Å². The van der Waals surface area contributed by atoms with Crippen molar-refractivity contribution in [2.45, 2.75) is 45.9 Å². The van der Waals surface area contributed by atoms with Gasteiger partial charge in [-0.1, -0.05) is 0 Å². The van der Waals surface area contributed by atoms with Gasteiger partial charge in [0.25, 0.3) is 0 Å². The molecule has 0 unspecified atom stereocenters. The van der Waals surface area contributed by atoms with Crippen LogP contribution in [0.2, 0.25) is 0 Å². The van der Waals surface area contributed by atoms with Gasteiger partial charge in [-0.05, 0) is 27.7 Å². The van der Waals surface area contributed by atoms with E-state index in [1.807, 2.05) is 33.8 Å². The van der Waals surface area contributed by atoms with Crippen molar-refractivity contribution in [2.24, 2.45) is 0 Å². The number of nitrogens with zero attached hydrogens (tertiary/aromatic N) is 4. The number of rotatable bonds is 5. The van der Waals surface area contributed by atoms with Crippen molar-refractivity contribution in [1.82, 2.24) is 14.9 Å². The average Bonchev–Trinajstić information content (AvgIpc) is 2.42. The largest absolute Gasteiger partial charge is 0.444 e. The number of hydrogen-bond donors (Lipinski definition) is 0. The van der Waals surface area contributed by atoms with Gasteiger partial charge in [0.15, 0.2) is 0 Å². The Bertz CT molecular complexity index is 538. The van der Waals surface area contributed by atoms with Gasteiger partial charge in [0.2, 0.25) is 0 Å². The molecule has 7 nitrogen and oxygen atoms in total. The molecule has 0 saturated carbocycles. The van der Waals surface area contributed by atoms with Gasteiger partial charge in [-0.3, -0.25) is 0 Å². The van der Waals surface area contributed by atoms with Gasteiger partial charge in [0.05, 0.1) is 18.3 Å². The van der Waals surface area contributed by atoms with E-state index in [1.54, 1.807) is 18.3 Å². The summed E-state index contributed by atoms with van der Waals surface area (Å²) in [5.74, 6) is 0.864. The van der Waals surface area contributed by atoms with Crippen LogP contribution in [0.3, 0.4) is 0 Å². The maximum atomic E-state index is 12.1. The van der Waals surface area contributed by atoms with Crippen LogP contribution in [0.5, 0.6) is 0 Å². The lowest BCUT2D eigenvalue weighted by Crippen LogP contribution is -2.60. The Labute approximate surface area is 137 Å². The fourth-order valence-corrected chi connectivity index (χ4v) is 2.21. The molecule has 2 rings (SSSR count). The highest BCUT2D eigenvalue weighted by Crippen LogP contribution is 2.22. The molecule has 1 aliphatic rings. The predicted octanol–water partition coefficient (Wildman–Crippen LogP) is 2.07. The Morgan fingerprint density at radius 1 is 1.39 bits per heavy atom. The second-order valence-corrected chi connectivity index (χ2v) is 6.65. The summed E-state index contributed by atoms with van der Waals surface area (Å²) in [6.07, 6.45) is 1.26. The molecule has 0 spiro atoms. The molecule has 0 N–H and O–H groups in total. The van der Waals surface area contributed by atoms with Gasteiger partial charge < -0.3 is 19.3 Å². The van der Waals surface area contributed by atoms with E-state index in [1.165, 1.54) is 0 Å². The lowest BCUT2D eigenvalue weighted by molar-refractivity contribution is 0.0196. The van der Waals surface area contributed by atoms with E-state index in [4.69, 9.17) is 9.47 Å². The minimum atomic E-state index is -0.477. The van der Waals surface area contributed by atoms with Crippen molar-refractivity contribution in [3.8, 4) is 0 Å². The van der Waals surface area contributed by atoms with Crippen molar-refractivity contribution in [1.29, 1.82) is 0 Å². The summed E-state index contributed by atoms with van der Waals surface area (Å²) in [6.45, 7) is 10.2. The molecule has 0 aliphatic carbocycles. The number of hydrogen-bond acceptors (Lipinski definition) is 6. The lowest BCUT2D eigenvalue weighted by Gasteiger charge is -2.44. The topological polar surface area (TPSA) is 67.8 Å². The Kier molecular flexibility index (Phi) is 5.41. The van der Waals surface area contributed by atoms with Crippen molar-refractivity contribution < 1.29 is 14.3 Å². The van der Waals surface area contributed by atoms with Crippen LogP contribution in [0.25, 0.3) is 0 Å². The zero-order chi connectivity index (χ0) is 17.0. The van der Waals surface area contributed by atoms with E-state index < -0.39 is 5.60 Å². The van der Waals surface area contributed by atoms with E-state index in [0.29, 0.717) is 13.2 Å². The van der Waals surface area contributed by atoms with Gasteiger partial charge >= 0.3 is 6.09 Å². The summed E-state index contributed by atoms with van der Waals surface area (Å²) in [6, 6.07) is 2.06. The third-order valence-corrected chi connectivity index (χ3v) is 3.58. The second-order valence-electron chi connectivity index (χ2n) is 6.65. The van der Waals surface area contributed by atoms with Crippen molar-refractivity contribution >= 4 is 11.9 Å². The van der Waals surface area contributed by atoms with Crippen molar-refractivity contribution in [3.63, 3.8) is 0 Å². The van der Waals surface area contributed by atoms with Crippen LogP contribution in [-0.2, 0) is 16.1 Å². The highest BCUT2D eigenvalue weighted by molar-refractivity contribution is 5.69. The van der Waals surface area contributed by atoms with Gasteiger partial charge in [0, 0.05) is 32.8 Å². The first kappa shape index (κ1) is 17.5. The fourth-order valence-electron chi connectivity index (χ4n) is 2.21. The van der Waals surface area contributed by atoms with Crippen LogP contribution in [0.1, 0.15) is 33.4 Å². The smallest absolute Gasteiger partial charge is 0.410 e. The lowest BCUT2D eigenvalue weighted by atomic mass is 10.1. The number of amides is 1. The van der Waals surface area contributed by atoms with Gasteiger partial charge in [-0.2, -0.15) is 0 Å². The second kappa shape index (κ2) is 7.12. The van der Waals surface area contributed by atoms with Crippen LogP contribution >= 0.6 is 0 Å². The average molecular weight is 322 g/mol. The molecule has 1 amide bonds. The van der Waals surface area contributed by atoms with Crippen LogP contribution in [0.15, 0.2) is 12.4 Å². The Morgan fingerprint density at radius 2 is 2.09 bits per heavy atom. The third-order valence-electron chi connectivity index (χ3n) is 3.58.